The monoisotopic (exact) mass is 395 g/mol. The summed E-state index contributed by atoms with van der Waals surface area (Å²) in [5.41, 5.74) is 1.14. The summed E-state index contributed by atoms with van der Waals surface area (Å²) in [6.45, 7) is 9.89. The van der Waals surface area contributed by atoms with Crippen LogP contribution in [0.2, 0.25) is 5.02 Å². The molecule has 0 bridgehead atoms. The van der Waals surface area contributed by atoms with Gasteiger partial charge in [-0.15, -0.1) is 24.0 Å². The normalized spacial score (nSPS) is 11.7. The van der Waals surface area contributed by atoms with Gasteiger partial charge in [-0.25, -0.2) is 4.99 Å². The van der Waals surface area contributed by atoms with Crippen molar-refractivity contribution in [2.75, 3.05) is 6.54 Å². The first-order valence-electron chi connectivity index (χ1n) is 6.21. The van der Waals surface area contributed by atoms with Crippen molar-refractivity contribution >= 4 is 41.5 Å². The molecule has 0 saturated heterocycles. The summed E-state index contributed by atoms with van der Waals surface area (Å²) in [5, 5.41) is 7.34. The van der Waals surface area contributed by atoms with E-state index in [0.717, 1.165) is 23.1 Å². The van der Waals surface area contributed by atoms with E-state index in [2.05, 4.69) is 43.3 Å². The van der Waals surface area contributed by atoms with Gasteiger partial charge in [0, 0.05) is 17.1 Å². The van der Waals surface area contributed by atoms with E-state index in [1.54, 1.807) is 0 Å². The molecule has 0 aliphatic rings. The molecule has 0 unspecified atom stereocenters. The van der Waals surface area contributed by atoms with Crippen LogP contribution in [0.4, 0.5) is 0 Å². The van der Waals surface area contributed by atoms with E-state index in [1.165, 1.54) is 0 Å². The van der Waals surface area contributed by atoms with Gasteiger partial charge in [-0.3, -0.25) is 0 Å². The molecule has 3 nitrogen and oxygen atoms in total. The molecule has 0 aliphatic heterocycles. The lowest BCUT2D eigenvalue weighted by Gasteiger charge is -2.23. The molecule has 0 fully saturated rings. The molecule has 0 spiro atoms. The molecule has 2 N–H and O–H groups in total. The van der Waals surface area contributed by atoms with Gasteiger partial charge >= 0.3 is 0 Å². The molecule has 0 saturated carbocycles. The van der Waals surface area contributed by atoms with Crippen molar-refractivity contribution in [1.29, 1.82) is 0 Å². The Morgan fingerprint density at radius 1 is 1.21 bits per heavy atom. The highest BCUT2D eigenvalue weighted by Crippen LogP contribution is 2.10. The van der Waals surface area contributed by atoms with Gasteiger partial charge in [0.25, 0.3) is 0 Å². The maximum Gasteiger partial charge on any atom is 0.191 e. The number of aliphatic imine (C=N–C) groups is 1. The SMILES string of the molecule is CCNC(=NCc1ccc(Cl)cc1)NC(C)(C)C.I. The van der Waals surface area contributed by atoms with Gasteiger partial charge in [0.15, 0.2) is 5.96 Å². The third-order valence-corrected chi connectivity index (χ3v) is 2.42. The van der Waals surface area contributed by atoms with Crippen LogP contribution in [0.5, 0.6) is 0 Å². The lowest BCUT2D eigenvalue weighted by atomic mass is 10.1. The third kappa shape index (κ3) is 8.31. The molecule has 0 aliphatic carbocycles. The van der Waals surface area contributed by atoms with Crippen LogP contribution in [0, 0.1) is 0 Å². The van der Waals surface area contributed by atoms with Gasteiger partial charge < -0.3 is 10.6 Å². The van der Waals surface area contributed by atoms with E-state index in [9.17, 15) is 0 Å². The topological polar surface area (TPSA) is 36.4 Å². The summed E-state index contributed by atoms with van der Waals surface area (Å²) < 4.78 is 0. The van der Waals surface area contributed by atoms with Gasteiger partial charge in [-0.1, -0.05) is 23.7 Å². The maximum atomic E-state index is 5.85. The maximum absolute atomic E-state index is 5.85. The van der Waals surface area contributed by atoms with Crippen molar-refractivity contribution in [3.63, 3.8) is 0 Å². The van der Waals surface area contributed by atoms with Gasteiger partial charge in [0.1, 0.15) is 0 Å². The van der Waals surface area contributed by atoms with Crippen LogP contribution in [-0.4, -0.2) is 18.0 Å². The van der Waals surface area contributed by atoms with E-state index in [1.807, 2.05) is 24.3 Å². The lowest BCUT2D eigenvalue weighted by molar-refractivity contribution is 0.501. The van der Waals surface area contributed by atoms with Crippen LogP contribution in [-0.2, 0) is 6.54 Å². The molecule has 1 aromatic carbocycles. The van der Waals surface area contributed by atoms with E-state index in [0.29, 0.717) is 6.54 Å². The second kappa shape index (κ2) is 8.64. The van der Waals surface area contributed by atoms with Crippen LogP contribution in [0.15, 0.2) is 29.3 Å². The van der Waals surface area contributed by atoms with E-state index in [4.69, 9.17) is 11.6 Å². The second-order valence-corrected chi connectivity index (χ2v) is 5.63. The Bertz CT molecular complexity index is 396. The quantitative estimate of drug-likeness (QED) is 0.464. The molecule has 1 aromatic rings. The summed E-state index contributed by atoms with van der Waals surface area (Å²) in [7, 11) is 0. The number of halogens is 2. The molecule has 108 valence electrons. The standard InChI is InChI=1S/C14H22ClN3.HI/c1-5-16-13(18-14(2,3)4)17-10-11-6-8-12(15)9-7-11;/h6-9H,5,10H2,1-4H3,(H2,16,17,18);1H. The number of rotatable bonds is 3. The highest BCUT2D eigenvalue weighted by Gasteiger charge is 2.11. The fourth-order valence-electron chi connectivity index (χ4n) is 1.42. The molecule has 19 heavy (non-hydrogen) atoms. The molecule has 5 heteroatoms. The zero-order chi connectivity index (χ0) is 13.6. The number of guanidine groups is 1. The summed E-state index contributed by atoms with van der Waals surface area (Å²) in [6, 6.07) is 7.76. The first kappa shape index (κ1) is 18.5. The first-order chi connectivity index (χ1) is 8.40. The summed E-state index contributed by atoms with van der Waals surface area (Å²) in [4.78, 5) is 4.55. The van der Waals surface area contributed by atoms with Crippen LogP contribution >= 0.6 is 35.6 Å². The fraction of sp³-hybridized carbons (Fsp3) is 0.500. The predicted molar refractivity (Wildman–Crippen MR) is 94.6 cm³/mol. The predicted octanol–water partition coefficient (Wildman–Crippen LogP) is 3.81. The van der Waals surface area contributed by atoms with Gasteiger partial charge in [-0.2, -0.15) is 0 Å². The molecule has 0 radical (unpaired) electrons. The summed E-state index contributed by atoms with van der Waals surface area (Å²) >= 11 is 5.85. The molecule has 0 atom stereocenters. The minimum absolute atomic E-state index is 0. The van der Waals surface area contributed by atoms with E-state index in [-0.39, 0.29) is 29.5 Å². The Hall–Kier alpha value is -0.490. The Morgan fingerprint density at radius 2 is 1.79 bits per heavy atom. The molecule has 0 aromatic heterocycles. The number of benzene rings is 1. The fourth-order valence-corrected chi connectivity index (χ4v) is 1.55. The Kier molecular flexibility index (Phi) is 8.41. The average molecular weight is 396 g/mol. The van der Waals surface area contributed by atoms with Gasteiger partial charge in [-0.05, 0) is 45.4 Å². The van der Waals surface area contributed by atoms with Crippen LogP contribution < -0.4 is 10.6 Å². The Balaban J connectivity index is 0.00000324. The highest BCUT2D eigenvalue weighted by molar-refractivity contribution is 14.0. The van der Waals surface area contributed by atoms with Crippen LogP contribution in [0.25, 0.3) is 0 Å². The number of hydrogen-bond donors (Lipinski definition) is 2. The summed E-state index contributed by atoms with van der Waals surface area (Å²) in [5.74, 6) is 0.833. The highest BCUT2D eigenvalue weighted by atomic mass is 127. The number of nitrogens with zero attached hydrogens (tertiary/aromatic N) is 1. The van der Waals surface area contributed by atoms with Crippen molar-refractivity contribution in [2.45, 2.75) is 39.8 Å². The van der Waals surface area contributed by atoms with Crippen molar-refractivity contribution in [1.82, 2.24) is 10.6 Å². The second-order valence-electron chi connectivity index (χ2n) is 5.20. The number of hydrogen-bond acceptors (Lipinski definition) is 1. The van der Waals surface area contributed by atoms with Gasteiger partial charge in [0.2, 0.25) is 0 Å². The largest absolute Gasteiger partial charge is 0.357 e. The van der Waals surface area contributed by atoms with Crippen LogP contribution in [0.1, 0.15) is 33.3 Å². The van der Waals surface area contributed by atoms with Crippen molar-refractivity contribution in [3.05, 3.63) is 34.9 Å². The minimum Gasteiger partial charge on any atom is -0.357 e. The summed E-state index contributed by atoms with van der Waals surface area (Å²) in [6.07, 6.45) is 0. The zero-order valence-electron chi connectivity index (χ0n) is 12.0. The third-order valence-electron chi connectivity index (χ3n) is 2.17. The van der Waals surface area contributed by atoms with Gasteiger partial charge in [0.05, 0.1) is 6.54 Å². The minimum atomic E-state index is 0. The van der Waals surface area contributed by atoms with Crippen molar-refractivity contribution < 1.29 is 0 Å². The van der Waals surface area contributed by atoms with Crippen molar-refractivity contribution in [2.24, 2.45) is 4.99 Å². The number of nitrogens with one attached hydrogen (secondary N) is 2. The molecular weight excluding hydrogens is 373 g/mol. The zero-order valence-corrected chi connectivity index (χ0v) is 15.0. The molecule has 0 amide bonds. The molecular formula is C14H23ClIN3. The lowest BCUT2D eigenvalue weighted by Crippen LogP contribution is -2.47. The van der Waals surface area contributed by atoms with Crippen molar-refractivity contribution in [3.8, 4) is 0 Å². The van der Waals surface area contributed by atoms with E-state index >= 15 is 0 Å². The van der Waals surface area contributed by atoms with Crippen LogP contribution in [0.3, 0.4) is 0 Å². The first-order valence-corrected chi connectivity index (χ1v) is 6.59. The smallest absolute Gasteiger partial charge is 0.191 e. The molecule has 1 rings (SSSR count). The van der Waals surface area contributed by atoms with E-state index < -0.39 is 0 Å². The Labute approximate surface area is 138 Å². The average Bonchev–Trinajstić information content (AvgIpc) is 2.26. The molecule has 0 heterocycles. The Morgan fingerprint density at radius 3 is 2.26 bits per heavy atom.